The Balaban J connectivity index is 2.24. The van der Waals surface area contributed by atoms with E-state index in [1.807, 2.05) is 30.3 Å². The van der Waals surface area contributed by atoms with E-state index in [0.717, 1.165) is 11.3 Å². The Labute approximate surface area is 87.9 Å². The van der Waals surface area contributed by atoms with Gasteiger partial charge in [-0.25, -0.2) is 0 Å². The lowest BCUT2D eigenvalue weighted by atomic mass is 9.98. The van der Waals surface area contributed by atoms with Crippen LogP contribution in [-0.4, -0.2) is 13.0 Å². The van der Waals surface area contributed by atoms with Crippen molar-refractivity contribution in [2.24, 2.45) is 0 Å². The van der Waals surface area contributed by atoms with Crippen molar-refractivity contribution in [1.82, 2.24) is 10.9 Å². The summed E-state index contributed by atoms with van der Waals surface area (Å²) in [5.41, 5.74) is 6.15. The normalized spacial score (nSPS) is 19.3. The molecule has 2 N–H and O–H groups in total. The average Bonchev–Trinajstić information content (AvgIpc) is 2.30. The molecule has 4 nitrogen and oxygen atoms in total. The van der Waals surface area contributed by atoms with Crippen LogP contribution in [0.4, 0.5) is 0 Å². The second kappa shape index (κ2) is 4.04. The van der Waals surface area contributed by atoms with Gasteiger partial charge in [-0.15, -0.1) is 0 Å². The molecule has 1 aliphatic heterocycles. The van der Waals surface area contributed by atoms with E-state index in [4.69, 9.17) is 4.74 Å². The molecule has 1 unspecified atom stereocenters. The van der Waals surface area contributed by atoms with E-state index in [-0.39, 0.29) is 11.8 Å². The summed E-state index contributed by atoms with van der Waals surface area (Å²) in [6.07, 6.45) is 3.54. The van der Waals surface area contributed by atoms with E-state index in [1.54, 1.807) is 13.3 Å². The van der Waals surface area contributed by atoms with Gasteiger partial charge in [0.05, 0.1) is 13.0 Å². The van der Waals surface area contributed by atoms with Crippen LogP contribution >= 0.6 is 0 Å². The van der Waals surface area contributed by atoms with E-state index in [2.05, 4.69) is 10.9 Å². The maximum absolute atomic E-state index is 11.5. The first-order valence-electron chi connectivity index (χ1n) is 4.67. The molecule has 2 rings (SSSR count). The fourth-order valence-electron chi connectivity index (χ4n) is 1.50. The molecule has 1 aromatic rings. The van der Waals surface area contributed by atoms with Crippen molar-refractivity contribution < 1.29 is 9.53 Å². The molecule has 0 aromatic heterocycles. The zero-order chi connectivity index (χ0) is 10.7. The summed E-state index contributed by atoms with van der Waals surface area (Å²) in [6.45, 7) is 0. The van der Waals surface area contributed by atoms with Gasteiger partial charge in [-0.2, -0.15) is 0 Å². The molecule has 0 fully saturated rings. The first kappa shape index (κ1) is 9.58. The van der Waals surface area contributed by atoms with Gasteiger partial charge in [0.15, 0.2) is 0 Å². The number of amides is 1. The summed E-state index contributed by atoms with van der Waals surface area (Å²) in [7, 11) is 1.62. The molecule has 0 radical (unpaired) electrons. The second-order valence-electron chi connectivity index (χ2n) is 3.24. The lowest BCUT2D eigenvalue weighted by Gasteiger charge is -2.18. The SMILES string of the molecule is COc1ccc(C2C=CNNC2=O)cc1. The smallest absolute Gasteiger partial charge is 0.249 e. The van der Waals surface area contributed by atoms with Crippen molar-refractivity contribution in [3.63, 3.8) is 0 Å². The van der Waals surface area contributed by atoms with E-state index in [1.165, 1.54) is 0 Å². The van der Waals surface area contributed by atoms with Crippen molar-refractivity contribution in [2.45, 2.75) is 5.92 Å². The Morgan fingerprint density at radius 3 is 2.60 bits per heavy atom. The molecular formula is C11H12N2O2. The van der Waals surface area contributed by atoms with Crippen LogP contribution in [0.25, 0.3) is 0 Å². The summed E-state index contributed by atoms with van der Waals surface area (Å²) in [6, 6.07) is 7.47. The van der Waals surface area contributed by atoms with Gasteiger partial charge in [-0.1, -0.05) is 18.2 Å². The van der Waals surface area contributed by atoms with Crippen LogP contribution < -0.4 is 15.6 Å². The molecule has 0 saturated carbocycles. The highest BCUT2D eigenvalue weighted by atomic mass is 16.5. The number of rotatable bonds is 2. The van der Waals surface area contributed by atoms with Gasteiger partial charge < -0.3 is 10.2 Å². The van der Waals surface area contributed by atoms with Crippen molar-refractivity contribution in [3.8, 4) is 5.75 Å². The van der Waals surface area contributed by atoms with Gasteiger partial charge in [-0.05, 0) is 17.7 Å². The predicted octanol–water partition coefficient (Wildman–Crippen LogP) is 0.927. The number of carbonyl (C=O) groups excluding carboxylic acids is 1. The molecule has 1 aliphatic rings. The molecule has 0 aliphatic carbocycles. The van der Waals surface area contributed by atoms with Crippen LogP contribution in [0.2, 0.25) is 0 Å². The number of nitrogens with one attached hydrogen (secondary N) is 2. The monoisotopic (exact) mass is 204 g/mol. The molecule has 15 heavy (non-hydrogen) atoms. The van der Waals surface area contributed by atoms with Gasteiger partial charge in [-0.3, -0.25) is 10.2 Å². The summed E-state index contributed by atoms with van der Waals surface area (Å²) in [5, 5.41) is 0. The van der Waals surface area contributed by atoms with E-state index < -0.39 is 0 Å². The fourth-order valence-corrected chi connectivity index (χ4v) is 1.50. The third-order valence-corrected chi connectivity index (χ3v) is 2.32. The minimum absolute atomic E-state index is 0.0531. The second-order valence-corrected chi connectivity index (χ2v) is 3.24. The third-order valence-electron chi connectivity index (χ3n) is 2.32. The van der Waals surface area contributed by atoms with Crippen LogP contribution in [0.5, 0.6) is 5.75 Å². The van der Waals surface area contributed by atoms with Crippen LogP contribution in [0.1, 0.15) is 11.5 Å². The highest BCUT2D eigenvalue weighted by Crippen LogP contribution is 2.21. The molecule has 0 bridgehead atoms. The summed E-state index contributed by atoms with van der Waals surface area (Å²) in [5.74, 6) is 0.511. The fraction of sp³-hybridized carbons (Fsp3) is 0.182. The van der Waals surface area contributed by atoms with E-state index in [0.29, 0.717) is 0 Å². The number of hydrogen-bond donors (Lipinski definition) is 2. The highest BCUT2D eigenvalue weighted by molar-refractivity contribution is 5.86. The number of benzene rings is 1. The molecule has 1 atom stereocenters. The number of hydrazine groups is 1. The van der Waals surface area contributed by atoms with Gasteiger partial charge in [0.1, 0.15) is 5.75 Å². The topological polar surface area (TPSA) is 50.4 Å². The van der Waals surface area contributed by atoms with Crippen LogP contribution in [-0.2, 0) is 4.79 Å². The molecule has 1 heterocycles. The largest absolute Gasteiger partial charge is 0.497 e. The summed E-state index contributed by atoms with van der Waals surface area (Å²) in [4.78, 5) is 11.5. The van der Waals surface area contributed by atoms with Crippen molar-refractivity contribution >= 4 is 5.91 Å². The predicted molar refractivity (Wildman–Crippen MR) is 56.2 cm³/mol. The molecule has 0 saturated heterocycles. The molecule has 1 amide bonds. The average molecular weight is 204 g/mol. The van der Waals surface area contributed by atoms with Crippen molar-refractivity contribution in [2.75, 3.05) is 7.11 Å². The Kier molecular flexibility index (Phi) is 2.58. The Hall–Kier alpha value is -1.97. The number of methoxy groups -OCH3 is 1. The van der Waals surface area contributed by atoms with Gasteiger partial charge in [0.2, 0.25) is 5.91 Å². The number of carbonyl (C=O) groups is 1. The Morgan fingerprint density at radius 2 is 2.00 bits per heavy atom. The quantitative estimate of drug-likeness (QED) is 0.753. The van der Waals surface area contributed by atoms with Crippen LogP contribution in [0.3, 0.4) is 0 Å². The van der Waals surface area contributed by atoms with Crippen molar-refractivity contribution in [1.29, 1.82) is 0 Å². The third kappa shape index (κ3) is 1.93. The van der Waals surface area contributed by atoms with Gasteiger partial charge in [0, 0.05) is 6.20 Å². The lowest BCUT2D eigenvalue weighted by Crippen LogP contribution is -2.40. The first-order valence-corrected chi connectivity index (χ1v) is 4.67. The van der Waals surface area contributed by atoms with Gasteiger partial charge >= 0.3 is 0 Å². The molecular weight excluding hydrogens is 192 g/mol. The number of hydrogen-bond acceptors (Lipinski definition) is 3. The Morgan fingerprint density at radius 1 is 1.27 bits per heavy atom. The van der Waals surface area contributed by atoms with Crippen molar-refractivity contribution in [3.05, 3.63) is 42.1 Å². The molecule has 4 heteroatoms. The maximum atomic E-state index is 11.5. The molecule has 1 aromatic carbocycles. The molecule has 78 valence electrons. The maximum Gasteiger partial charge on any atom is 0.249 e. The zero-order valence-corrected chi connectivity index (χ0v) is 8.36. The summed E-state index contributed by atoms with van der Waals surface area (Å²) >= 11 is 0. The zero-order valence-electron chi connectivity index (χ0n) is 8.36. The summed E-state index contributed by atoms with van der Waals surface area (Å²) < 4.78 is 5.05. The standard InChI is InChI=1S/C11H12N2O2/c1-15-9-4-2-8(3-5-9)10-6-7-12-13-11(10)14/h2-7,10,12H,1H3,(H,13,14). The van der Waals surface area contributed by atoms with Crippen LogP contribution in [0, 0.1) is 0 Å². The highest BCUT2D eigenvalue weighted by Gasteiger charge is 2.19. The lowest BCUT2D eigenvalue weighted by molar-refractivity contribution is -0.122. The minimum atomic E-state index is -0.225. The van der Waals surface area contributed by atoms with E-state index >= 15 is 0 Å². The first-order chi connectivity index (χ1) is 7.31. The van der Waals surface area contributed by atoms with Gasteiger partial charge in [0.25, 0.3) is 0 Å². The minimum Gasteiger partial charge on any atom is -0.497 e. The number of ether oxygens (including phenoxy) is 1. The molecule has 0 spiro atoms. The van der Waals surface area contributed by atoms with E-state index in [9.17, 15) is 4.79 Å². The van der Waals surface area contributed by atoms with Crippen LogP contribution in [0.15, 0.2) is 36.5 Å². The Bertz CT molecular complexity index is 384.